The van der Waals surface area contributed by atoms with Gasteiger partial charge in [-0.3, -0.25) is 0 Å². The minimum atomic E-state index is 0.0279. The van der Waals surface area contributed by atoms with Gasteiger partial charge in [0.05, 0.1) is 11.4 Å². The molecule has 0 fully saturated rings. The van der Waals surface area contributed by atoms with Crippen molar-refractivity contribution in [3.8, 4) is 0 Å². The lowest BCUT2D eigenvalue weighted by Crippen LogP contribution is -2.07. The topological polar surface area (TPSA) is 51.0 Å². The van der Waals surface area contributed by atoms with Gasteiger partial charge < -0.3 is 9.73 Å². The molecule has 3 heterocycles. The Morgan fingerprint density at radius 1 is 1.17 bits per heavy atom. The second kappa shape index (κ2) is 5.35. The fourth-order valence-corrected chi connectivity index (χ4v) is 3.78. The van der Waals surface area contributed by atoms with Crippen molar-refractivity contribution < 1.29 is 4.42 Å². The fourth-order valence-electron chi connectivity index (χ4n) is 2.78. The SMILES string of the molecule is Cc1sc2ncnc(N[C@@H](C)c3cc4ccccc4o3)c2c1C. The molecule has 5 heteroatoms. The summed E-state index contributed by atoms with van der Waals surface area (Å²) in [6.45, 7) is 6.32. The van der Waals surface area contributed by atoms with Gasteiger partial charge in [0.2, 0.25) is 0 Å². The third-order valence-electron chi connectivity index (χ3n) is 4.19. The van der Waals surface area contributed by atoms with Gasteiger partial charge in [-0.25, -0.2) is 9.97 Å². The fraction of sp³-hybridized carbons (Fsp3) is 0.222. The van der Waals surface area contributed by atoms with E-state index >= 15 is 0 Å². The first kappa shape index (κ1) is 14.2. The standard InChI is InChI=1S/C18H17N3OS/c1-10-12(3)23-18-16(10)17(19-9-20-18)21-11(2)15-8-13-6-4-5-7-14(13)22-15/h4-9,11H,1-3H3,(H,19,20,21)/t11-/m0/s1. The number of aromatic nitrogens is 2. The smallest absolute Gasteiger partial charge is 0.139 e. The molecule has 0 radical (unpaired) electrons. The van der Waals surface area contributed by atoms with Crippen molar-refractivity contribution in [2.24, 2.45) is 0 Å². The molecule has 0 spiro atoms. The van der Waals surface area contributed by atoms with Crippen LogP contribution in [-0.4, -0.2) is 9.97 Å². The number of anilines is 1. The van der Waals surface area contributed by atoms with Crippen LogP contribution in [0.25, 0.3) is 21.2 Å². The van der Waals surface area contributed by atoms with E-state index in [4.69, 9.17) is 4.42 Å². The number of nitrogens with zero attached hydrogens (tertiary/aromatic N) is 2. The highest BCUT2D eigenvalue weighted by Crippen LogP contribution is 2.34. The largest absolute Gasteiger partial charge is 0.459 e. The van der Waals surface area contributed by atoms with Crippen LogP contribution < -0.4 is 5.32 Å². The molecule has 4 nitrogen and oxygen atoms in total. The summed E-state index contributed by atoms with van der Waals surface area (Å²) in [5.74, 6) is 1.77. The van der Waals surface area contributed by atoms with Crippen molar-refractivity contribution in [3.05, 3.63) is 52.9 Å². The molecular formula is C18H17N3OS. The number of aryl methyl sites for hydroxylation is 2. The van der Waals surface area contributed by atoms with Crippen LogP contribution in [-0.2, 0) is 0 Å². The predicted molar refractivity (Wildman–Crippen MR) is 95.1 cm³/mol. The summed E-state index contributed by atoms with van der Waals surface area (Å²) in [5.41, 5.74) is 2.15. The maximum absolute atomic E-state index is 5.95. The van der Waals surface area contributed by atoms with E-state index in [1.165, 1.54) is 10.4 Å². The maximum Gasteiger partial charge on any atom is 0.139 e. The van der Waals surface area contributed by atoms with Crippen LogP contribution >= 0.6 is 11.3 Å². The molecule has 0 aliphatic carbocycles. The Kier molecular flexibility index (Phi) is 3.31. The number of thiophene rings is 1. The molecule has 1 aromatic carbocycles. The van der Waals surface area contributed by atoms with Crippen molar-refractivity contribution in [1.29, 1.82) is 0 Å². The van der Waals surface area contributed by atoms with Crippen LogP contribution in [0.3, 0.4) is 0 Å². The van der Waals surface area contributed by atoms with Gasteiger partial charge in [-0.15, -0.1) is 11.3 Å². The first-order valence-electron chi connectivity index (χ1n) is 7.59. The van der Waals surface area contributed by atoms with Crippen LogP contribution in [0.2, 0.25) is 0 Å². The molecule has 3 aromatic heterocycles. The predicted octanol–water partition coefficient (Wildman–Crippen LogP) is 5.23. The molecule has 0 aliphatic heterocycles. The Morgan fingerprint density at radius 3 is 2.83 bits per heavy atom. The van der Waals surface area contributed by atoms with Gasteiger partial charge in [0, 0.05) is 10.3 Å². The summed E-state index contributed by atoms with van der Waals surface area (Å²) in [7, 11) is 0. The van der Waals surface area contributed by atoms with Gasteiger partial charge in [-0.1, -0.05) is 18.2 Å². The van der Waals surface area contributed by atoms with Gasteiger partial charge in [0.1, 0.15) is 28.3 Å². The number of nitrogens with one attached hydrogen (secondary N) is 1. The van der Waals surface area contributed by atoms with E-state index in [9.17, 15) is 0 Å². The molecule has 4 aromatic rings. The van der Waals surface area contributed by atoms with Gasteiger partial charge in [-0.2, -0.15) is 0 Å². The molecule has 0 aliphatic rings. The number of hydrogen-bond acceptors (Lipinski definition) is 5. The van der Waals surface area contributed by atoms with Gasteiger partial charge in [-0.05, 0) is 38.5 Å². The molecule has 0 bridgehead atoms. The number of benzene rings is 1. The second-order valence-corrected chi connectivity index (χ2v) is 6.94. The maximum atomic E-state index is 5.95. The zero-order valence-corrected chi connectivity index (χ0v) is 14.1. The molecule has 0 unspecified atom stereocenters. The van der Waals surface area contributed by atoms with E-state index in [1.54, 1.807) is 17.7 Å². The number of para-hydroxylation sites is 1. The summed E-state index contributed by atoms with van der Waals surface area (Å²) in [4.78, 5) is 11.1. The van der Waals surface area contributed by atoms with Gasteiger partial charge in [0.15, 0.2) is 0 Å². The molecule has 4 rings (SSSR count). The molecular weight excluding hydrogens is 306 g/mol. The van der Waals surface area contributed by atoms with Crippen LogP contribution in [0, 0.1) is 13.8 Å². The Balaban J connectivity index is 1.72. The minimum Gasteiger partial charge on any atom is -0.459 e. The number of rotatable bonds is 3. The van der Waals surface area contributed by atoms with Crippen molar-refractivity contribution >= 4 is 38.3 Å². The molecule has 0 saturated carbocycles. The molecule has 0 amide bonds. The average molecular weight is 323 g/mol. The Hall–Kier alpha value is -2.40. The van der Waals surface area contributed by atoms with Crippen molar-refractivity contribution in [3.63, 3.8) is 0 Å². The Morgan fingerprint density at radius 2 is 2.00 bits per heavy atom. The molecule has 116 valence electrons. The number of fused-ring (bicyclic) bond motifs is 2. The third kappa shape index (κ3) is 2.37. The summed E-state index contributed by atoms with van der Waals surface area (Å²) in [5, 5.41) is 5.70. The normalized spacial score (nSPS) is 12.8. The Labute approximate surface area is 138 Å². The number of hydrogen-bond donors (Lipinski definition) is 1. The van der Waals surface area contributed by atoms with Crippen molar-refractivity contribution in [1.82, 2.24) is 9.97 Å². The van der Waals surface area contributed by atoms with Crippen molar-refractivity contribution in [2.45, 2.75) is 26.8 Å². The lowest BCUT2D eigenvalue weighted by molar-refractivity contribution is 0.526. The van der Waals surface area contributed by atoms with E-state index in [1.807, 2.05) is 18.2 Å². The molecule has 1 N–H and O–H groups in total. The highest BCUT2D eigenvalue weighted by atomic mass is 32.1. The first-order chi connectivity index (χ1) is 11.1. The molecule has 0 saturated heterocycles. The summed E-state index contributed by atoms with van der Waals surface area (Å²) in [6.07, 6.45) is 1.62. The van der Waals surface area contributed by atoms with E-state index in [2.05, 4.69) is 48.2 Å². The Bertz CT molecular complexity index is 969. The summed E-state index contributed by atoms with van der Waals surface area (Å²) < 4.78 is 5.95. The highest BCUT2D eigenvalue weighted by molar-refractivity contribution is 7.18. The first-order valence-corrected chi connectivity index (χ1v) is 8.41. The highest BCUT2D eigenvalue weighted by Gasteiger charge is 2.16. The van der Waals surface area contributed by atoms with Crippen LogP contribution in [0.4, 0.5) is 5.82 Å². The lowest BCUT2D eigenvalue weighted by Gasteiger charge is -2.13. The minimum absolute atomic E-state index is 0.0279. The van der Waals surface area contributed by atoms with Crippen LogP contribution in [0.5, 0.6) is 0 Å². The molecule has 23 heavy (non-hydrogen) atoms. The quantitative estimate of drug-likeness (QED) is 0.561. The molecule has 1 atom stereocenters. The lowest BCUT2D eigenvalue weighted by atomic mass is 10.2. The van der Waals surface area contributed by atoms with E-state index < -0.39 is 0 Å². The van der Waals surface area contributed by atoms with E-state index in [0.717, 1.165) is 32.8 Å². The summed E-state index contributed by atoms with van der Waals surface area (Å²) >= 11 is 1.71. The summed E-state index contributed by atoms with van der Waals surface area (Å²) in [6, 6.07) is 10.2. The zero-order chi connectivity index (χ0) is 16.0. The van der Waals surface area contributed by atoms with Gasteiger partial charge in [0.25, 0.3) is 0 Å². The van der Waals surface area contributed by atoms with E-state index in [-0.39, 0.29) is 6.04 Å². The van der Waals surface area contributed by atoms with Crippen LogP contribution in [0.15, 0.2) is 41.1 Å². The third-order valence-corrected chi connectivity index (χ3v) is 5.31. The second-order valence-electron chi connectivity index (χ2n) is 5.74. The number of furan rings is 1. The van der Waals surface area contributed by atoms with Gasteiger partial charge >= 0.3 is 0 Å². The average Bonchev–Trinajstić information content (AvgIpc) is 3.10. The van der Waals surface area contributed by atoms with E-state index in [0.29, 0.717) is 0 Å². The van der Waals surface area contributed by atoms with Crippen LogP contribution in [0.1, 0.15) is 29.2 Å². The zero-order valence-electron chi connectivity index (χ0n) is 13.3. The monoisotopic (exact) mass is 323 g/mol. The van der Waals surface area contributed by atoms with Crippen molar-refractivity contribution in [2.75, 3.05) is 5.32 Å².